The van der Waals surface area contributed by atoms with Crippen molar-refractivity contribution in [2.24, 2.45) is 5.73 Å². The molecule has 66 valence electrons. The Morgan fingerprint density at radius 2 is 2.17 bits per heavy atom. The van der Waals surface area contributed by atoms with Crippen LogP contribution in [0.2, 0.25) is 5.02 Å². The second-order valence-corrected chi connectivity index (χ2v) is 3.04. The molecule has 0 radical (unpaired) electrons. The first-order valence-electron chi connectivity index (χ1n) is 3.72. The maximum atomic E-state index is 5.95. The van der Waals surface area contributed by atoms with Crippen LogP contribution in [0.5, 0.6) is 5.75 Å². The Bertz CT molecular complexity index is 286. The number of hydrogen-bond donors (Lipinski definition) is 1. The van der Waals surface area contributed by atoms with Crippen LogP contribution in [-0.2, 0) is 6.54 Å². The summed E-state index contributed by atoms with van der Waals surface area (Å²) < 4.78 is 5.13. The summed E-state index contributed by atoms with van der Waals surface area (Å²) in [4.78, 5) is 0. The standard InChI is InChI=1S/C9H12ClNO/c1-6-3-8(10)7(5-11)9(4-6)12-2/h3-4H,5,11H2,1-2H3. The van der Waals surface area contributed by atoms with Crippen LogP contribution in [0, 0.1) is 6.92 Å². The van der Waals surface area contributed by atoms with Crippen LogP contribution in [0.4, 0.5) is 0 Å². The molecule has 0 fully saturated rings. The van der Waals surface area contributed by atoms with E-state index in [-0.39, 0.29) is 0 Å². The number of methoxy groups -OCH3 is 1. The predicted octanol–water partition coefficient (Wildman–Crippen LogP) is 2.12. The summed E-state index contributed by atoms with van der Waals surface area (Å²) >= 11 is 5.95. The van der Waals surface area contributed by atoms with Crippen molar-refractivity contribution < 1.29 is 4.74 Å². The molecule has 0 aliphatic rings. The molecule has 0 saturated carbocycles. The van der Waals surface area contributed by atoms with Gasteiger partial charge in [0.25, 0.3) is 0 Å². The maximum absolute atomic E-state index is 5.95. The van der Waals surface area contributed by atoms with Gasteiger partial charge in [-0.2, -0.15) is 0 Å². The molecule has 0 atom stereocenters. The van der Waals surface area contributed by atoms with Gasteiger partial charge in [0.2, 0.25) is 0 Å². The average molecular weight is 186 g/mol. The SMILES string of the molecule is COc1cc(C)cc(Cl)c1CN. The number of ether oxygens (including phenoxy) is 1. The topological polar surface area (TPSA) is 35.2 Å². The van der Waals surface area contributed by atoms with Gasteiger partial charge in [0.05, 0.1) is 7.11 Å². The largest absolute Gasteiger partial charge is 0.496 e. The van der Waals surface area contributed by atoms with E-state index in [1.165, 1.54) is 0 Å². The van der Waals surface area contributed by atoms with E-state index in [0.717, 1.165) is 16.9 Å². The highest BCUT2D eigenvalue weighted by atomic mass is 35.5. The molecule has 0 bridgehead atoms. The zero-order valence-electron chi connectivity index (χ0n) is 7.23. The lowest BCUT2D eigenvalue weighted by atomic mass is 10.1. The molecule has 1 aromatic rings. The molecule has 0 spiro atoms. The molecule has 0 aliphatic heterocycles. The zero-order chi connectivity index (χ0) is 9.14. The Morgan fingerprint density at radius 1 is 1.50 bits per heavy atom. The monoisotopic (exact) mass is 185 g/mol. The molecule has 1 aromatic carbocycles. The van der Waals surface area contributed by atoms with E-state index >= 15 is 0 Å². The second kappa shape index (κ2) is 3.78. The molecular formula is C9H12ClNO. The predicted molar refractivity (Wildman–Crippen MR) is 50.6 cm³/mol. The van der Waals surface area contributed by atoms with Crippen molar-refractivity contribution in [3.05, 3.63) is 28.3 Å². The maximum Gasteiger partial charge on any atom is 0.125 e. The fourth-order valence-electron chi connectivity index (χ4n) is 1.12. The van der Waals surface area contributed by atoms with Gasteiger partial charge in [0, 0.05) is 17.1 Å². The smallest absolute Gasteiger partial charge is 0.125 e. The van der Waals surface area contributed by atoms with Crippen molar-refractivity contribution in [3.63, 3.8) is 0 Å². The molecule has 3 heteroatoms. The quantitative estimate of drug-likeness (QED) is 0.766. The highest BCUT2D eigenvalue weighted by Gasteiger charge is 2.06. The fraction of sp³-hybridized carbons (Fsp3) is 0.333. The number of hydrogen-bond acceptors (Lipinski definition) is 2. The summed E-state index contributed by atoms with van der Waals surface area (Å²) in [6.07, 6.45) is 0. The summed E-state index contributed by atoms with van der Waals surface area (Å²) in [7, 11) is 1.62. The Labute approximate surface area is 77.3 Å². The summed E-state index contributed by atoms with van der Waals surface area (Å²) in [6.45, 7) is 2.37. The van der Waals surface area contributed by atoms with Crippen molar-refractivity contribution in [1.29, 1.82) is 0 Å². The minimum atomic E-state index is 0.405. The highest BCUT2D eigenvalue weighted by Crippen LogP contribution is 2.27. The first kappa shape index (κ1) is 9.36. The molecule has 2 N–H and O–H groups in total. The van der Waals surface area contributed by atoms with Crippen LogP contribution in [0.15, 0.2) is 12.1 Å². The normalized spacial score (nSPS) is 10.0. The lowest BCUT2D eigenvalue weighted by Gasteiger charge is -2.09. The van der Waals surface area contributed by atoms with E-state index in [1.807, 2.05) is 19.1 Å². The Hall–Kier alpha value is -0.730. The van der Waals surface area contributed by atoms with Gasteiger partial charge in [-0.1, -0.05) is 11.6 Å². The lowest BCUT2D eigenvalue weighted by molar-refractivity contribution is 0.409. The van der Waals surface area contributed by atoms with Gasteiger partial charge in [-0.25, -0.2) is 0 Å². The van der Waals surface area contributed by atoms with Crippen molar-refractivity contribution >= 4 is 11.6 Å². The first-order chi connectivity index (χ1) is 5.69. The Kier molecular flexibility index (Phi) is 2.95. The van der Waals surface area contributed by atoms with Gasteiger partial charge in [-0.3, -0.25) is 0 Å². The van der Waals surface area contributed by atoms with E-state index in [4.69, 9.17) is 22.1 Å². The second-order valence-electron chi connectivity index (χ2n) is 2.63. The third kappa shape index (κ3) is 1.71. The third-order valence-electron chi connectivity index (χ3n) is 1.72. The van der Waals surface area contributed by atoms with Crippen LogP contribution in [-0.4, -0.2) is 7.11 Å². The van der Waals surface area contributed by atoms with E-state index in [1.54, 1.807) is 7.11 Å². The van der Waals surface area contributed by atoms with Crippen LogP contribution < -0.4 is 10.5 Å². The van der Waals surface area contributed by atoms with Crippen LogP contribution in [0.1, 0.15) is 11.1 Å². The minimum absolute atomic E-state index is 0.405. The third-order valence-corrected chi connectivity index (χ3v) is 2.06. The summed E-state index contributed by atoms with van der Waals surface area (Å²) in [5.74, 6) is 0.766. The molecule has 0 amide bonds. The van der Waals surface area contributed by atoms with Crippen molar-refractivity contribution in [1.82, 2.24) is 0 Å². The number of benzene rings is 1. The Balaban J connectivity index is 3.24. The van der Waals surface area contributed by atoms with E-state index in [2.05, 4.69) is 0 Å². The summed E-state index contributed by atoms with van der Waals surface area (Å²) in [6, 6.07) is 3.81. The fourth-order valence-corrected chi connectivity index (χ4v) is 1.46. The summed E-state index contributed by atoms with van der Waals surface area (Å²) in [5.41, 5.74) is 7.46. The van der Waals surface area contributed by atoms with Gasteiger partial charge in [-0.15, -0.1) is 0 Å². The van der Waals surface area contributed by atoms with E-state index < -0.39 is 0 Å². The molecule has 12 heavy (non-hydrogen) atoms. The molecule has 0 unspecified atom stereocenters. The number of nitrogens with two attached hydrogens (primary N) is 1. The lowest BCUT2D eigenvalue weighted by Crippen LogP contribution is -2.01. The summed E-state index contributed by atoms with van der Waals surface area (Å²) in [5, 5.41) is 0.675. The van der Waals surface area contributed by atoms with Gasteiger partial charge < -0.3 is 10.5 Å². The number of halogens is 1. The van der Waals surface area contributed by atoms with Crippen molar-refractivity contribution in [2.75, 3.05) is 7.11 Å². The Morgan fingerprint density at radius 3 is 2.67 bits per heavy atom. The van der Waals surface area contributed by atoms with Gasteiger partial charge in [0.15, 0.2) is 0 Å². The van der Waals surface area contributed by atoms with Gasteiger partial charge >= 0.3 is 0 Å². The van der Waals surface area contributed by atoms with E-state index in [0.29, 0.717) is 11.6 Å². The minimum Gasteiger partial charge on any atom is -0.496 e. The number of rotatable bonds is 2. The van der Waals surface area contributed by atoms with Crippen LogP contribution in [0.3, 0.4) is 0 Å². The first-order valence-corrected chi connectivity index (χ1v) is 4.10. The molecule has 0 saturated heterocycles. The molecular weight excluding hydrogens is 174 g/mol. The van der Waals surface area contributed by atoms with Gasteiger partial charge in [-0.05, 0) is 24.6 Å². The zero-order valence-corrected chi connectivity index (χ0v) is 7.98. The van der Waals surface area contributed by atoms with Crippen molar-refractivity contribution in [3.8, 4) is 5.75 Å². The van der Waals surface area contributed by atoms with Gasteiger partial charge in [0.1, 0.15) is 5.75 Å². The van der Waals surface area contributed by atoms with Crippen LogP contribution >= 0.6 is 11.6 Å². The molecule has 0 heterocycles. The average Bonchev–Trinajstić information content (AvgIpc) is 2.03. The van der Waals surface area contributed by atoms with Crippen LogP contribution in [0.25, 0.3) is 0 Å². The molecule has 1 rings (SSSR count). The molecule has 0 aromatic heterocycles. The highest BCUT2D eigenvalue weighted by molar-refractivity contribution is 6.31. The van der Waals surface area contributed by atoms with E-state index in [9.17, 15) is 0 Å². The molecule has 0 aliphatic carbocycles. The molecule has 2 nitrogen and oxygen atoms in total. The number of aryl methyl sites for hydroxylation is 1. The van der Waals surface area contributed by atoms with Crippen molar-refractivity contribution in [2.45, 2.75) is 13.5 Å².